The molecule has 1 saturated carbocycles. The third kappa shape index (κ3) is 5.33. The normalized spacial score (nSPS) is 24.7. The molecule has 3 atom stereocenters. The van der Waals surface area contributed by atoms with E-state index in [1.807, 2.05) is 5.32 Å². The number of imide groups is 3. The summed E-state index contributed by atoms with van der Waals surface area (Å²) in [5.74, 6) is -0.905. The Balaban J connectivity index is 2.25. The summed E-state index contributed by atoms with van der Waals surface area (Å²) in [4.78, 5) is 60.9. The molecule has 0 aromatic heterocycles. The van der Waals surface area contributed by atoms with Crippen molar-refractivity contribution in [3.63, 3.8) is 0 Å². The van der Waals surface area contributed by atoms with E-state index in [2.05, 4.69) is 10.1 Å². The minimum Gasteiger partial charge on any atom is -0.453 e. The van der Waals surface area contributed by atoms with Gasteiger partial charge in [-0.1, -0.05) is 25.7 Å². The molecule has 0 aromatic carbocycles. The molecule has 2 aliphatic rings. The number of ether oxygens (including phenoxy) is 1. The summed E-state index contributed by atoms with van der Waals surface area (Å²) in [5, 5.41) is 14.1. The highest BCUT2D eigenvalue weighted by Gasteiger charge is 2.55. The second-order valence-corrected chi connectivity index (χ2v) is 8.11. The van der Waals surface area contributed by atoms with E-state index in [0.717, 1.165) is 32.8 Å². The summed E-state index contributed by atoms with van der Waals surface area (Å²) in [7, 11) is 1.08. The molecule has 1 saturated heterocycles. The van der Waals surface area contributed by atoms with Crippen LogP contribution in [0, 0.1) is 11.8 Å². The van der Waals surface area contributed by atoms with E-state index < -0.39 is 40.5 Å². The van der Waals surface area contributed by atoms with Crippen molar-refractivity contribution in [1.29, 1.82) is 0 Å². The number of hydroxylamine groups is 2. The predicted octanol–water partition coefficient (Wildman–Crippen LogP) is 1.74. The van der Waals surface area contributed by atoms with Crippen LogP contribution in [0.1, 0.15) is 51.9 Å². The topological polar surface area (TPSA) is 142 Å². The summed E-state index contributed by atoms with van der Waals surface area (Å²) < 4.78 is 3.72. The first-order valence-corrected chi connectivity index (χ1v) is 10.3. The van der Waals surface area contributed by atoms with Gasteiger partial charge in [-0.2, -0.15) is 4.48 Å². The van der Waals surface area contributed by atoms with Gasteiger partial charge in [-0.25, -0.2) is 34.9 Å². The third-order valence-corrected chi connectivity index (χ3v) is 6.23. The van der Waals surface area contributed by atoms with Crippen LogP contribution < -0.4 is 10.6 Å². The van der Waals surface area contributed by atoms with Gasteiger partial charge in [0.1, 0.15) is 6.04 Å². The molecule has 7 amide bonds. The number of quaternary nitrogens is 1. The van der Waals surface area contributed by atoms with E-state index in [1.165, 1.54) is 0 Å². The maximum Gasteiger partial charge on any atom is 0.432 e. The van der Waals surface area contributed by atoms with Crippen molar-refractivity contribution in [1.82, 2.24) is 15.7 Å². The van der Waals surface area contributed by atoms with E-state index in [0.29, 0.717) is 24.3 Å². The maximum atomic E-state index is 13.7. The zero-order valence-electron chi connectivity index (χ0n) is 17.5. The fourth-order valence-corrected chi connectivity index (χ4v) is 4.67. The van der Waals surface area contributed by atoms with Crippen molar-refractivity contribution in [3.8, 4) is 0 Å². The van der Waals surface area contributed by atoms with Gasteiger partial charge in [0.05, 0.1) is 26.1 Å². The second kappa shape index (κ2) is 10.5. The molecule has 1 unspecified atom stereocenters. The Morgan fingerprint density at radius 3 is 2.37 bits per heavy atom. The minimum absolute atomic E-state index is 0.199. The number of carbonyl (C=O) groups is 5. The summed E-state index contributed by atoms with van der Waals surface area (Å²) in [5.41, 5.74) is 0. The number of urea groups is 2. The first-order valence-electron chi connectivity index (χ1n) is 10.3. The molecule has 2 rings (SSSR count). The van der Waals surface area contributed by atoms with E-state index in [9.17, 15) is 29.2 Å². The van der Waals surface area contributed by atoms with Crippen molar-refractivity contribution in [2.75, 3.05) is 20.2 Å². The molecule has 11 heteroatoms. The molecule has 3 N–H and O–H groups in total. The number of hydrogen-bond acceptors (Lipinski definition) is 7. The van der Waals surface area contributed by atoms with Gasteiger partial charge in [0.15, 0.2) is 0 Å². The zero-order valence-corrected chi connectivity index (χ0v) is 17.5. The number of nitrogens with zero attached hydrogens (tertiary/aromatic N) is 2. The number of amides is 7. The van der Waals surface area contributed by atoms with Gasteiger partial charge in [0.25, 0.3) is 0 Å². The first kappa shape index (κ1) is 23.7. The van der Waals surface area contributed by atoms with Gasteiger partial charge in [-0.15, -0.1) is 0 Å². The molecule has 1 heterocycles. The van der Waals surface area contributed by atoms with E-state index in [1.54, 1.807) is 6.92 Å². The predicted molar refractivity (Wildman–Crippen MR) is 103 cm³/mol. The van der Waals surface area contributed by atoms with Crippen molar-refractivity contribution in [3.05, 3.63) is 0 Å². The maximum absolute atomic E-state index is 13.7. The Labute approximate surface area is 175 Å². The van der Waals surface area contributed by atoms with Crippen LogP contribution in [0.4, 0.5) is 14.4 Å². The second-order valence-electron chi connectivity index (χ2n) is 8.11. The number of alkyl carbamates (subject to hydrolysis) is 1. The average molecular weight is 427 g/mol. The molecule has 168 valence electrons. The third-order valence-electron chi connectivity index (χ3n) is 6.23. The van der Waals surface area contributed by atoms with Crippen molar-refractivity contribution >= 4 is 30.5 Å². The summed E-state index contributed by atoms with van der Waals surface area (Å²) in [6.07, 6.45) is 4.90. The quantitative estimate of drug-likeness (QED) is 0.254. The van der Waals surface area contributed by atoms with Crippen LogP contribution in [0.3, 0.4) is 0 Å². The van der Waals surface area contributed by atoms with Crippen LogP contribution in [-0.4, -0.2) is 71.5 Å². The largest absolute Gasteiger partial charge is 0.453 e. The standard InChI is InChI=1S/C19H30N4O7/c1-13-6-5-9-23(13,18(27)20-17(26)21-19(28)30-2)16(25)15(11-22(29)12-24)10-14-7-3-4-8-14/h12-15,29H,3-11H2,1-2H3,(H-,20,21,26,27,28)/p+1/t13-,15-,23?/m1/s1. The minimum atomic E-state index is -1.08. The smallest absolute Gasteiger partial charge is 0.432 e. The number of rotatable bonds is 6. The zero-order chi connectivity index (χ0) is 22.3. The Bertz CT molecular complexity index is 680. The SMILES string of the molecule is COC(=O)NC(=O)NC(=O)[N+]1(C(=O)[C@H](CC2CCCC2)CN(O)C=O)CCC[C@H]1C. The molecule has 0 spiro atoms. The number of carbonyl (C=O) groups excluding carboxylic acids is 5. The van der Waals surface area contributed by atoms with Gasteiger partial charge >= 0.3 is 24.1 Å². The Morgan fingerprint density at radius 1 is 1.17 bits per heavy atom. The van der Waals surface area contributed by atoms with Crippen LogP contribution >= 0.6 is 0 Å². The van der Waals surface area contributed by atoms with Gasteiger partial charge in [-0.3, -0.25) is 10.0 Å². The number of nitrogens with one attached hydrogen (secondary N) is 2. The first-order chi connectivity index (χ1) is 14.2. The Hall–Kier alpha value is -2.53. The van der Waals surface area contributed by atoms with Gasteiger partial charge < -0.3 is 4.74 Å². The number of hydrogen-bond donors (Lipinski definition) is 3. The van der Waals surface area contributed by atoms with Gasteiger partial charge in [0, 0.05) is 12.8 Å². The lowest BCUT2D eigenvalue weighted by molar-refractivity contribution is -0.786. The molecule has 2 fully saturated rings. The van der Waals surface area contributed by atoms with Crippen molar-refractivity contribution in [2.45, 2.75) is 57.9 Å². The molecule has 30 heavy (non-hydrogen) atoms. The van der Waals surface area contributed by atoms with Crippen molar-refractivity contribution in [2.24, 2.45) is 11.8 Å². The monoisotopic (exact) mass is 427 g/mol. The van der Waals surface area contributed by atoms with E-state index in [4.69, 9.17) is 0 Å². The van der Waals surface area contributed by atoms with Crippen LogP contribution in [0.5, 0.6) is 0 Å². The average Bonchev–Trinajstić information content (AvgIpc) is 3.36. The van der Waals surface area contributed by atoms with Crippen LogP contribution in [0.15, 0.2) is 0 Å². The van der Waals surface area contributed by atoms with Crippen LogP contribution in [-0.2, 0) is 14.3 Å². The highest BCUT2D eigenvalue weighted by Crippen LogP contribution is 2.35. The molecule has 0 bridgehead atoms. The fraction of sp³-hybridized carbons (Fsp3) is 0.737. The van der Waals surface area contributed by atoms with Crippen LogP contribution in [0.2, 0.25) is 0 Å². The molecular formula is C19H31N4O7+. The lowest BCUT2D eigenvalue weighted by Gasteiger charge is -2.36. The van der Waals surface area contributed by atoms with Gasteiger partial charge in [-0.05, 0) is 19.3 Å². The van der Waals surface area contributed by atoms with Gasteiger partial charge in [0.2, 0.25) is 6.41 Å². The van der Waals surface area contributed by atoms with Crippen molar-refractivity contribution < 1.29 is 38.4 Å². The molecule has 0 aromatic rings. The molecule has 1 aliphatic carbocycles. The summed E-state index contributed by atoms with van der Waals surface area (Å²) >= 11 is 0. The molecule has 0 radical (unpaired) electrons. The fourth-order valence-electron chi connectivity index (χ4n) is 4.67. The number of methoxy groups -OCH3 is 1. The highest BCUT2D eigenvalue weighted by molar-refractivity contribution is 6.00. The Morgan fingerprint density at radius 2 is 1.83 bits per heavy atom. The summed E-state index contributed by atoms with van der Waals surface area (Å²) in [6.45, 7) is 1.74. The molecular weight excluding hydrogens is 396 g/mol. The summed E-state index contributed by atoms with van der Waals surface area (Å²) in [6, 6.07) is -2.31. The van der Waals surface area contributed by atoms with Crippen LogP contribution in [0.25, 0.3) is 0 Å². The lowest BCUT2D eigenvalue weighted by atomic mass is 9.91. The number of likely N-dealkylation sites (tertiary alicyclic amines) is 1. The molecule has 11 nitrogen and oxygen atoms in total. The molecule has 1 aliphatic heterocycles. The highest BCUT2D eigenvalue weighted by atomic mass is 16.5. The Kier molecular flexibility index (Phi) is 8.30. The van der Waals surface area contributed by atoms with E-state index >= 15 is 0 Å². The lowest BCUT2D eigenvalue weighted by Crippen LogP contribution is -2.66. The van der Waals surface area contributed by atoms with E-state index in [-0.39, 0.29) is 25.4 Å².